The molecule has 0 rings (SSSR count). The van der Waals surface area contributed by atoms with Gasteiger partial charge in [0.2, 0.25) is 0 Å². The highest BCUT2D eigenvalue weighted by molar-refractivity contribution is 4.79. The van der Waals surface area contributed by atoms with Crippen molar-refractivity contribution in [3.05, 3.63) is 0 Å². The van der Waals surface area contributed by atoms with Gasteiger partial charge in [0.05, 0.1) is 0 Å². The van der Waals surface area contributed by atoms with Crippen LogP contribution in [0.1, 0.15) is 40.5 Å². The summed E-state index contributed by atoms with van der Waals surface area (Å²) in [6.07, 6.45) is 2.55. The van der Waals surface area contributed by atoms with Crippen LogP contribution in [0, 0.1) is 11.3 Å². The highest BCUT2D eigenvalue weighted by Crippen LogP contribution is 2.31. The Morgan fingerprint density at radius 3 is 2.18 bits per heavy atom. The van der Waals surface area contributed by atoms with Crippen LogP contribution in [0.4, 0.5) is 0 Å². The van der Waals surface area contributed by atoms with Crippen LogP contribution >= 0.6 is 0 Å². The maximum atomic E-state index is 3.27. The summed E-state index contributed by atoms with van der Waals surface area (Å²) in [5.74, 6) is 0.819. The van der Waals surface area contributed by atoms with E-state index in [0.717, 1.165) is 12.5 Å². The van der Waals surface area contributed by atoms with E-state index in [-0.39, 0.29) is 0 Å². The molecule has 0 saturated carbocycles. The molecule has 0 aliphatic heterocycles. The van der Waals surface area contributed by atoms with Crippen molar-refractivity contribution in [2.45, 2.75) is 40.5 Å². The van der Waals surface area contributed by atoms with Gasteiger partial charge >= 0.3 is 0 Å². The Labute approximate surface area is 71.6 Å². The molecule has 0 aliphatic rings. The molecule has 0 unspecified atom stereocenters. The molecule has 0 aromatic rings. The van der Waals surface area contributed by atoms with Crippen molar-refractivity contribution in [1.29, 1.82) is 0 Å². The van der Waals surface area contributed by atoms with E-state index in [0.29, 0.717) is 5.41 Å². The third kappa shape index (κ3) is 2.82. The Kier molecular flexibility index (Phi) is 4.74. The molecule has 0 amide bonds. The van der Waals surface area contributed by atoms with E-state index >= 15 is 0 Å². The van der Waals surface area contributed by atoms with Crippen molar-refractivity contribution < 1.29 is 0 Å². The Hall–Kier alpha value is -0.0400. The van der Waals surface area contributed by atoms with Crippen LogP contribution in [0.2, 0.25) is 0 Å². The van der Waals surface area contributed by atoms with E-state index in [2.05, 4.69) is 33.0 Å². The van der Waals surface area contributed by atoms with Gasteiger partial charge in [0.25, 0.3) is 0 Å². The molecule has 11 heavy (non-hydrogen) atoms. The molecule has 2 atom stereocenters. The molecule has 1 N–H and O–H groups in total. The Morgan fingerprint density at radius 2 is 1.91 bits per heavy atom. The van der Waals surface area contributed by atoms with Gasteiger partial charge in [-0.1, -0.05) is 34.1 Å². The van der Waals surface area contributed by atoms with Crippen molar-refractivity contribution in [3.63, 3.8) is 0 Å². The third-order valence-electron chi connectivity index (χ3n) is 3.19. The van der Waals surface area contributed by atoms with Crippen LogP contribution in [0.25, 0.3) is 0 Å². The summed E-state index contributed by atoms with van der Waals surface area (Å²) in [5.41, 5.74) is 0.490. The SMILES string of the molecule is CC[C@H](C)[C@@](C)(CC)CNC. The Balaban J connectivity index is 4.07. The summed E-state index contributed by atoms with van der Waals surface area (Å²) < 4.78 is 0. The normalized spacial score (nSPS) is 19.4. The summed E-state index contributed by atoms with van der Waals surface area (Å²) in [7, 11) is 2.04. The lowest BCUT2D eigenvalue weighted by atomic mass is 9.74. The number of rotatable bonds is 5. The maximum absolute atomic E-state index is 3.27. The molecular formula is C10H23N. The van der Waals surface area contributed by atoms with Gasteiger partial charge in [-0.15, -0.1) is 0 Å². The molecule has 0 radical (unpaired) electrons. The zero-order valence-corrected chi connectivity index (χ0v) is 8.70. The second-order valence-electron chi connectivity index (χ2n) is 3.85. The summed E-state index contributed by atoms with van der Waals surface area (Å²) in [5, 5.41) is 3.27. The summed E-state index contributed by atoms with van der Waals surface area (Å²) in [6.45, 7) is 10.4. The average Bonchev–Trinajstić information content (AvgIpc) is 2.03. The van der Waals surface area contributed by atoms with Gasteiger partial charge in [0.1, 0.15) is 0 Å². The molecule has 0 bridgehead atoms. The number of hydrogen-bond acceptors (Lipinski definition) is 1. The predicted octanol–water partition coefficient (Wildman–Crippen LogP) is 2.67. The van der Waals surface area contributed by atoms with E-state index in [9.17, 15) is 0 Å². The van der Waals surface area contributed by atoms with Crippen LogP contribution in [0.3, 0.4) is 0 Å². The van der Waals surface area contributed by atoms with Crippen LogP contribution in [0.15, 0.2) is 0 Å². The highest BCUT2D eigenvalue weighted by Gasteiger charge is 2.26. The van der Waals surface area contributed by atoms with E-state index in [1.165, 1.54) is 12.8 Å². The first-order valence-corrected chi connectivity index (χ1v) is 4.75. The predicted molar refractivity (Wildman–Crippen MR) is 51.8 cm³/mol. The molecule has 0 aliphatic carbocycles. The van der Waals surface area contributed by atoms with E-state index in [1.807, 2.05) is 7.05 Å². The van der Waals surface area contributed by atoms with Crippen LogP contribution in [0.5, 0.6) is 0 Å². The van der Waals surface area contributed by atoms with Crippen LogP contribution in [-0.4, -0.2) is 13.6 Å². The van der Waals surface area contributed by atoms with Crippen molar-refractivity contribution in [1.82, 2.24) is 5.32 Å². The van der Waals surface area contributed by atoms with Gasteiger partial charge in [-0.05, 0) is 24.8 Å². The van der Waals surface area contributed by atoms with Gasteiger partial charge in [0, 0.05) is 6.54 Å². The fourth-order valence-corrected chi connectivity index (χ4v) is 1.54. The summed E-state index contributed by atoms with van der Waals surface area (Å²) in [4.78, 5) is 0. The molecular weight excluding hydrogens is 134 g/mol. The van der Waals surface area contributed by atoms with Gasteiger partial charge < -0.3 is 5.32 Å². The van der Waals surface area contributed by atoms with Crippen molar-refractivity contribution in [2.24, 2.45) is 11.3 Å². The van der Waals surface area contributed by atoms with E-state index in [1.54, 1.807) is 0 Å². The standard InChI is InChI=1S/C10H23N/c1-6-9(3)10(4,7-2)8-11-5/h9,11H,6-8H2,1-5H3/t9-,10-/m0/s1. The average molecular weight is 157 g/mol. The first kappa shape index (κ1) is 11.0. The quantitative estimate of drug-likeness (QED) is 0.647. The third-order valence-corrected chi connectivity index (χ3v) is 3.19. The Bertz CT molecular complexity index is 101. The lowest BCUT2D eigenvalue weighted by molar-refractivity contribution is 0.184. The van der Waals surface area contributed by atoms with Gasteiger partial charge in [0.15, 0.2) is 0 Å². The molecule has 0 spiro atoms. The fraction of sp³-hybridized carbons (Fsp3) is 1.00. The Morgan fingerprint density at radius 1 is 1.36 bits per heavy atom. The smallest absolute Gasteiger partial charge is 0.000460 e. The van der Waals surface area contributed by atoms with Crippen molar-refractivity contribution >= 4 is 0 Å². The molecule has 0 saturated heterocycles. The zero-order chi connectivity index (χ0) is 8.91. The minimum atomic E-state index is 0.490. The lowest BCUT2D eigenvalue weighted by Crippen LogP contribution is -2.34. The maximum Gasteiger partial charge on any atom is 0.000460 e. The van der Waals surface area contributed by atoms with Crippen LogP contribution in [-0.2, 0) is 0 Å². The molecule has 0 fully saturated rings. The second kappa shape index (κ2) is 4.76. The molecule has 0 heterocycles. The fourth-order valence-electron chi connectivity index (χ4n) is 1.54. The number of hydrogen-bond donors (Lipinski definition) is 1. The van der Waals surface area contributed by atoms with Crippen LogP contribution < -0.4 is 5.32 Å². The number of nitrogens with one attached hydrogen (secondary N) is 1. The van der Waals surface area contributed by atoms with E-state index < -0.39 is 0 Å². The first-order valence-electron chi connectivity index (χ1n) is 4.75. The zero-order valence-electron chi connectivity index (χ0n) is 8.70. The second-order valence-corrected chi connectivity index (χ2v) is 3.85. The first-order chi connectivity index (χ1) is 5.10. The lowest BCUT2D eigenvalue weighted by Gasteiger charge is -2.34. The molecule has 1 heteroatoms. The minimum Gasteiger partial charge on any atom is -0.319 e. The van der Waals surface area contributed by atoms with E-state index in [4.69, 9.17) is 0 Å². The minimum absolute atomic E-state index is 0.490. The molecule has 0 aromatic heterocycles. The largest absolute Gasteiger partial charge is 0.319 e. The van der Waals surface area contributed by atoms with Gasteiger partial charge in [-0.25, -0.2) is 0 Å². The monoisotopic (exact) mass is 157 g/mol. The highest BCUT2D eigenvalue weighted by atomic mass is 14.8. The summed E-state index contributed by atoms with van der Waals surface area (Å²) >= 11 is 0. The summed E-state index contributed by atoms with van der Waals surface area (Å²) in [6, 6.07) is 0. The van der Waals surface area contributed by atoms with Gasteiger partial charge in [-0.3, -0.25) is 0 Å². The van der Waals surface area contributed by atoms with Gasteiger partial charge in [-0.2, -0.15) is 0 Å². The topological polar surface area (TPSA) is 12.0 Å². The van der Waals surface area contributed by atoms with Crippen molar-refractivity contribution in [3.8, 4) is 0 Å². The molecule has 68 valence electrons. The molecule has 0 aromatic carbocycles. The van der Waals surface area contributed by atoms with Crippen molar-refractivity contribution in [2.75, 3.05) is 13.6 Å². The molecule has 1 nitrogen and oxygen atoms in total.